The van der Waals surface area contributed by atoms with E-state index in [2.05, 4.69) is 5.32 Å². The molecule has 1 saturated carbocycles. The van der Waals surface area contributed by atoms with Gasteiger partial charge >= 0.3 is 5.97 Å². The predicted octanol–water partition coefficient (Wildman–Crippen LogP) is 4.20. The molecular formula is C19H20FNO2. The third-order valence-electron chi connectivity index (χ3n) is 4.38. The number of benzene rings is 2. The number of hydrogen-bond acceptors (Lipinski definition) is 2. The fourth-order valence-corrected chi connectivity index (χ4v) is 3.07. The van der Waals surface area contributed by atoms with Crippen LogP contribution in [0.15, 0.2) is 48.5 Å². The van der Waals surface area contributed by atoms with Crippen LogP contribution in [-0.4, -0.2) is 17.1 Å². The largest absolute Gasteiger partial charge is 0.481 e. The molecule has 0 spiro atoms. The maximum Gasteiger partial charge on any atom is 0.303 e. The van der Waals surface area contributed by atoms with Crippen LogP contribution in [0.1, 0.15) is 36.3 Å². The zero-order valence-corrected chi connectivity index (χ0v) is 12.8. The molecule has 3 nitrogen and oxygen atoms in total. The molecule has 1 aliphatic rings. The molecule has 0 bridgehead atoms. The first-order valence-electron chi connectivity index (χ1n) is 7.93. The Kier molecular flexibility index (Phi) is 4.60. The first kappa shape index (κ1) is 15.5. The molecule has 4 heteroatoms. The van der Waals surface area contributed by atoms with Crippen LogP contribution in [0, 0.1) is 5.82 Å². The molecular weight excluding hydrogens is 293 g/mol. The molecule has 1 aliphatic carbocycles. The molecule has 0 amide bonds. The number of anilines is 1. The molecule has 0 unspecified atom stereocenters. The van der Waals surface area contributed by atoms with Gasteiger partial charge in [0.15, 0.2) is 0 Å². The van der Waals surface area contributed by atoms with Crippen molar-refractivity contribution in [1.82, 2.24) is 0 Å². The Bertz CT molecular complexity index is 695. The summed E-state index contributed by atoms with van der Waals surface area (Å²) in [6.07, 6.45) is 2.67. The lowest BCUT2D eigenvalue weighted by Gasteiger charge is -2.37. The van der Waals surface area contributed by atoms with Gasteiger partial charge in [0.05, 0.1) is 0 Å². The quantitative estimate of drug-likeness (QED) is 0.840. The van der Waals surface area contributed by atoms with Gasteiger partial charge in [-0.3, -0.25) is 4.79 Å². The zero-order chi connectivity index (χ0) is 16.2. The van der Waals surface area contributed by atoms with E-state index in [-0.39, 0.29) is 12.2 Å². The summed E-state index contributed by atoms with van der Waals surface area (Å²) >= 11 is 0. The minimum atomic E-state index is -0.778. The van der Waals surface area contributed by atoms with Crippen LogP contribution < -0.4 is 5.32 Å². The van der Waals surface area contributed by atoms with Gasteiger partial charge in [0.1, 0.15) is 5.82 Å². The number of carbonyl (C=O) groups is 1. The highest BCUT2D eigenvalue weighted by atomic mass is 19.1. The topological polar surface area (TPSA) is 49.3 Å². The van der Waals surface area contributed by atoms with Gasteiger partial charge in [0.25, 0.3) is 0 Å². The summed E-state index contributed by atoms with van der Waals surface area (Å²) in [6.45, 7) is 0. The Morgan fingerprint density at radius 3 is 2.70 bits per heavy atom. The highest BCUT2D eigenvalue weighted by molar-refractivity contribution is 5.67. The van der Waals surface area contributed by atoms with Crippen molar-refractivity contribution in [3.8, 4) is 0 Å². The second kappa shape index (κ2) is 6.82. The molecule has 0 radical (unpaired) electrons. The predicted molar refractivity (Wildman–Crippen MR) is 88.2 cm³/mol. The van der Waals surface area contributed by atoms with Gasteiger partial charge < -0.3 is 10.4 Å². The summed E-state index contributed by atoms with van der Waals surface area (Å²) in [5.74, 6) is -0.538. The van der Waals surface area contributed by atoms with Crippen LogP contribution in [0.25, 0.3) is 0 Å². The van der Waals surface area contributed by atoms with Crippen molar-refractivity contribution in [2.75, 3.05) is 5.32 Å². The average Bonchev–Trinajstić information content (AvgIpc) is 2.49. The molecule has 3 rings (SSSR count). The van der Waals surface area contributed by atoms with Crippen molar-refractivity contribution in [2.24, 2.45) is 0 Å². The summed E-state index contributed by atoms with van der Waals surface area (Å²) < 4.78 is 13.2. The van der Waals surface area contributed by atoms with Gasteiger partial charge in [0.2, 0.25) is 0 Å². The van der Waals surface area contributed by atoms with Crippen LogP contribution in [0.3, 0.4) is 0 Å². The Balaban J connectivity index is 1.53. The highest BCUT2D eigenvalue weighted by Crippen LogP contribution is 2.38. The smallest absolute Gasteiger partial charge is 0.303 e. The standard InChI is InChI=1S/C19H20FNO2/c20-16-5-2-4-14(10-16)15-11-18(12-15)21-17-6-1-3-13(9-17)7-8-19(22)23/h1-6,9-10,15,18,21H,7-8,11-12H2,(H,22,23). The molecule has 0 atom stereocenters. The molecule has 0 heterocycles. The molecule has 0 aromatic heterocycles. The number of aliphatic carboxylic acids is 1. The minimum Gasteiger partial charge on any atom is -0.481 e. The van der Waals surface area contributed by atoms with Crippen molar-refractivity contribution < 1.29 is 14.3 Å². The van der Waals surface area contributed by atoms with Crippen LogP contribution in [0.5, 0.6) is 0 Å². The molecule has 2 N–H and O–H groups in total. The molecule has 2 aromatic rings. The highest BCUT2D eigenvalue weighted by Gasteiger charge is 2.30. The van der Waals surface area contributed by atoms with E-state index < -0.39 is 5.97 Å². The molecule has 120 valence electrons. The van der Waals surface area contributed by atoms with Crippen LogP contribution in [-0.2, 0) is 11.2 Å². The zero-order valence-electron chi connectivity index (χ0n) is 12.8. The first-order chi connectivity index (χ1) is 11.1. The number of hydrogen-bond donors (Lipinski definition) is 2. The first-order valence-corrected chi connectivity index (χ1v) is 7.93. The van der Waals surface area contributed by atoms with Crippen LogP contribution in [0.2, 0.25) is 0 Å². The van der Waals surface area contributed by atoms with E-state index in [0.717, 1.165) is 29.7 Å². The lowest BCUT2D eigenvalue weighted by molar-refractivity contribution is -0.136. The normalized spacial score (nSPS) is 19.9. The number of aryl methyl sites for hydroxylation is 1. The molecule has 2 aromatic carbocycles. The molecule has 0 saturated heterocycles. The van der Waals surface area contributed by atoms with E-state index in [4.69, 9.17) is 5.11 Å². The lowest BCUT2D eigenvalue weighted by Crippen LogP contribution is -2.34. The van der Waals surface area contributed by atoms with Gasteiger partial charge in [-0.1, -0.05) is 24.3 Å². The second-order valence-electron chi connectivity index (χ2n) is 6.16. The molecule has 1 fully saturated rings. The average molecular weight is 313 g/mol. The Labute approximate surface area is 135 Å². The van der Waals surface area contributed by atoms with E-state index in [0.29, 0.717) is 18.4 Å². The summed E-state index contributed by atoms with van der Waals surface area (Å²) in [7, 11) is 0. The summed E-state index contributed by atoms with van der Waals surface area (Å²) in [4.78, 5) is 10.6. The number of carboxylic acids is 1. The maximum atomic E-state index is 13.2. The fraction of sp³-hybridized carbons (Fsp3) is 0.316. The van der Waals surface area contributed by atoms with Gasteiger partial charge in [-0.15, -0.1) is 0 Å². The van der Waals surface area contributed by atoms with Crippen LogP contribution >= 0.6 is 0 Å². The lowest BCUT2D eigenvalue weighted by atomic mass is 9.76. The van der Waals surface area contributed by atoms with E-state index in [1.54, 1.807) is 12.1 Å². The summed E-state index contributed by atoms with van der Waals surface area (Å²) in [5.41, 5.74) is 3.12. The Morgan fingerprint density at radius 1 is 1.17 bits per heavy atom. The fourth-order valence-electron chi connectivity index (χ4n) is 3.07. The Hall–Kier alpha value is -2.36. The molecule has 23 heavy (non-hydrogen) atoms. The van der Waals surface area contributed by atoms with Crippen molar-refractivity contribution >= 4 is 11.7 Å². The van der Waals surface area contributed by atoms with Crippen molar-refractivity contribution in [1.29, 1.82) is 0 Å². The third kappa shape index (κ3) is 4.09. The minimum absolute atomic E-state index is 0.147. The summed E-state index contributed by atoms with van der Waals surface area (Å²) in [5, 5.41) is 12.2. The summed E-state index contributed by atoms with van der Waals surface area (Å²) in [6, 6.07) is 15.1. The SMILES string of the molecule is O=C(O)CCc1cccc(NC2CC(c3cccc(F)c3)C2)c1. The van der Waals surface area contributed by atoms with Crippen molar-refractivity contribution in [2.45, 2.75) is 37.6 Å². The number of halogens is 1. The number of rotatable bonds is 6. The van der Waals surface area contributed by atoms with Gasteiger partial charge in [-0.25, -0.2) is 4.39 Å². The van der Waals surface area contributed by atoms with Crippen molar-refractivity contribution in [3.63, 3.8) is 0 Å². The van der Waals surface area contributed by atoms with Gasteiger partial charge in [-0.2, -0.15) is 0 Å². The van der Waals surface area contributed by atoms with E-state index in [1.807, 2.05) is 30.3 Å². The van der Waals surface area contributed by atoms with E-state index in [1.165, 1.54) is 6.07 Å². The van der Waals surface area contributed by atoms with E-state index >= 15 is 0 Å². The third-order valence-corrected chi connectivity index (χ3v) is 4.38. The monoisotopic (exact) mass is 313 g/mol. The van der Waals surface area contributed by atoms with Gasteiger partial charge in [0, 0.05) is 18.2 Å². The van der Waals surface area contributed by atoms with Gasteiger partial charge in [-0.05, 0) is 60.6 Å². The number of nitrogens with one attached hydrogen (secondary N) is 1. The molecule has 0 aliphatic heterocycles. The number of carboxylic acid groups (broad SMARTS) is 1. The maximum absolute atomic E-state index is 13.2. The van der Waals surface area contributed by atoms with Crippen LogP contribution in [0.4, 0.5) is 10.1 Å². The Morgan fingerprint density at radius 2 is 1.96 bits per heavy atom. The van der Waals surface area contributed by atoms with E-state index in [9.17, 15) is 9.18 Å². The second-order valence-corrected chi connectivity index (χ2v) is 6.16. The van der Waals surface area contributed by atoms with Crippen molar-refractivity contribution in [3.05, 3.63) is 65.5 Å².